The Balaban J connectivity index is 2.30. The maximum atomic E-state index is 11.8. The third kappa shape index (κ3) is 4.25. The summed E-state index contributed by atoms with van der Waals surface area (Å²) in [6.45, 7) is 4.26. The van der Waals surface area contributed by atoms with E-state index in [2.05, 4.69) is 6.92 Å². The Morgan fingerprint density at radius 2 is 1.96 bits per heavy atom. The molecule has 0 bridgehead atoms. The minimum atomic E-state index is -0.302. The first-order chi connectivity index (χ1) is 11.0. The van der Waals surface area contributed by atoms with E-state index in [1.807, 2.05) is 19.1 Å². The number of esters is 1. The van der Waals surface area contributed by atoms with Gasteiger partial charge < -0.3 is 14.6 Å². The Morgan fingerprint density at radius 1 is 1.26 bits per heavy atom. The summed E-state index contributed by atoms with van der Waals surface area (Å²) >= 11 is 0. The van der Waals surface area contributed by atoms with Gasteiger partial charge in [-0.3, -0.25) is 4.79 Å². The van der Waals surface area contributed by atoms with Crippen LogP contribution in [0.25, 0.3) is 0 Å². The van der Waals surface area contributed by atoms with Gasteiger partial charge >= 0.3 is 5.97 Å². The van der Waals surface area contributed by atoms with E-state index >= 15 is 0 Å². The van der Waals surface area contributed by atoms with Gasteiger partial charge in [-0.1, -0.05) is 26.2 Å². The Bertz CT molecular complexity index is 545. The average molecular weight is 320 g/mol. The van der Waals surface area contributed by atoms with E-state index in [1.165, 1.54) is 19.3 Å². The molecular weight excluding hydrogens is 292 g/mol. The second kappa shape index (κ2) is 7.82. The van der Waals surface area contributed by atoms with E-state index in [-0.39, 0.29) is 24.4 Å². The fourth-order valence-electron chi connectivity index (χ4n) is 3.53. The first kappa shape index (κ1) is 17.8. The summed E-state index contributed by atoms with van der Waals surface area (Å²) in [6, 6.07) is 3.82. The summed E-state index contributed by atoms with van der Waals surface area (Å²) in [5.74, 6) is 1.18. The smallest absolute Gasteiger partial charge is 0.311 e. The zero-order valence-corrected chi connectivity index (χ0v) is 14.5. The number of hydrogen-bond donors (Lipinski definition) is 1. The van der Waals surface area contributed by atoms with E-state index in [4.69, 9.17) is 14.6 Å². The predicted octanol–water partition coefficient (Wildman–Crippen LogP) is 3.90. The second-order valence-corrected chi connectivity index (χ2v) is 6.74. The van der Waals surface area contributed by atoms with Gasteiger partial charge in [0.2, 0.25) is 0 Å². The molecule has 128 valence electrons. The molecule has 0 saturated heterocycles. The highest BCUT2D eigenvalue weighted by molar-refractivity contribution is 5.72. The van der Waals surface area contributed by atoms with Gasteiger partial charge in [0.1, 0.15) is 11.5 Å². The number of benzene rings is 1. The highest BCUT2D eigenvalue weighted by Gasteiger charge is 2.32. The van der Waals surface area contributed by atoms with Crippen LogP contribution in [0.3, 0.4) is 0 Å². The standard InChI is InChI=1S/C19H28O4/c1-14-12-15(23-17(21)8-7-11-20)13-16(18(14)22-3)19(2)9-5-4-6-10-19/h12-13,20H,4-11H2,1-3H3. The molecule has 1 aliphatic carbocycles. The first-order valence-corrected chi connectivity index (χ1v) is 8.51. The lowest BCUT2D eigenvalue weighted by Gasteiger charge is -2.35. The number of carbonyl (C=O) groups is 1. The molecule has 0 aromatic heterocycles. The zero-order valence-electron chi connectivity index (χ0n) is 14.5. The van der Waals surface area contributed by atoms with Gasteiger partial charge in [0.15, 0.2) is 0 Å². The molecule has 0 heterocycles. The Labute approximate surface area is 138 Å². The minimum absolute atomic E-state index is 0.0000609. The molecule has 1 N–H and O–H groups in total. The largest absolute Gasteiger partial charge is 0.496 e. The number of hydrogen-bond acceptors (Lipinski definition) is 4. The van der Waals surface area contributed by atoms with Crippen LogP contribution in [0.5, 0.6) is 11.5 Å². The van der Waals surface area contributed by atoms with Crippen molar-refractivity contribution in [2.75, 3.05) is 13.7 Å². The molecular formula is C19H28O4. The van der Waals surface area contributed by atoms with Crippen LogP contribution in [0.15, 0.2) is 12.1 Å². The maximum Gasteiger partial charge on any atom is 0.311 e. The molecule has 1 aromatic rings. The fourth-order valence-corrected chi connectivity index (χ4v) is 3.53. The van der Waals surface area contributed by atoms with E-state index in [0.29, 0.717) is 12.2 Å². The molecule has 0 aliphatic heterocycles. The molecule has 0 atom stereocenters. The topological polar surface area (TPSA) is 55.8 Å². The Hall–Kier alpha value is -1.55. The molecule has 0 amide bonds. The van der Waals surface area contributed by atoms with Crippen LogP contribution >= 0.6 is 0 Å². The number of carbonyl (C=O) groups excluding carboxylic acids is 1. The molecule has 1 saturated carbocycles. The lowest BCUT2D eigenvalue weighted by atomic mass is 9.70. The van der Waals surface area contributed by atoms with Crippen molar-refractivity contribution < 1.29 is 19.4 Å². The monoisotopic (exact) mass is 320 g/mol. The third-order valence-electron chi connectivity index (χ3n) is 4.83. The molecule has 23 heavy (non-hydrogen) atoms. The maximum absolute atomic E-state index is 11.8. The summed E-state index contributed by atoms with van der Waals surface area (Å²) in [7, 11) is 1.70. The van der Waals surface area contributed by atoms with Crippen molar-refractivity contribution in [3.05, 3.63) is 23.3 Å². The molecule has 4 heteroatoms. The second-order valence-electron chi connectivity index (χ2n) is 6.74. The van der Waals surface area contributed by atoms with Crippen molar-refractivity contribution in [2.24, 2.45) is 0 Å². The van der Waals surface area contributed by atoms with Crippen molar-refractivity contribution in [1.82, 2.24) is 0 Å². The van der Waals surface area contributed by atoms with Crippen LogP contribution in [0.1, 0.15) is 63.0 Å². The van der Waals surface area contributed by atoms with E-state index < -0.39 is 0 Å². The Morgan fingerprint density at radius 3 is 2.57 bits per heavy atom. The molecule has 1 fully saturated rings. The van der Waals surface area contributed by atoms with Crippen molar-refractivity contribution in [2.45, 2.75) is 64.2 Å². The van der Waals surface area contributed by atoms with Crippen LogP contribution in [-0.2, 0) is 10.2 Å². The molecule has 0 unspecified atom stereocenters. The summed E-state index contributed by atoms with van der Waals surface area (Å²) < 4.78 is 11.1. The number of rotatable bonds is 6. The molecule has 2 rings (SSSR count). The quantitative estimate of drug-likeness (QED) is 0.638. The van der Waals surface area contributed by atoms with Crippen LogP contribution in [0.4, 0.5) is 0 Å². The summed E-state index contributed by atoms with van der Waals surface area (Å²) in [5, 5.41) is 8.82. The summed E-state index contributed by atoms with van der Waals surface area (Å²) in [6.07, 6.45) is 6.65. The van der Waals surface area contributed by atoms with E-state index in [9.17, 15) is 4.79 Å². The van der Waals surface area contributed by atoms with Crippen LogP contribution in [0, 0.1) is 6.92 Å². The van der Waals surface area contributed by atoms with Gasteiger partial charge in [-0.25, -0.2) is 0 Å². The molecule has 1 aromatic carbocycles. The molecule has 0 radical (unpaired) electrons. The SMILES string of the molecule is COc1c(C)cc(OC(=O)CCCO)cc1C1(C)CCCCC1. The normalized spacial score (nSPS) is 16.9. The van der Waals surface area contributed by atoms with E-state index in [1.54, 1.807) is 7.11 Å². The van der Waals surface area contributed by atoms with Crippen LogP contribution in [0.2, 0.25) is 0 Å². The molecule has 0 spiro atoms. The average Bonchev–Trinajstić information content (AvgIpc) is 2.53. The van der Waals surface area contributed by atoms with Crippen LogP contribution in [-0.4, -0.2) is 24.8 Å². The minimum Gasteiger partial charge on any atom is -0.496 e. The molecule has 1 aliphatic rings. The summed E-state index contributed by atoms with van der Waals surface area (Å²) in [5.41, 5.74) is 2.20. The lowest BCUT2D eigenvalue weighted by Crippen LogP contribution is -2.26. The number of methoxy groups -OCH3 is 1. The first-order valence-electron chi connectivity index (χ1n) is 8.51. The van der Waals surface area contributed by atoms with Gasteiger partial charge in [0, 0.05) is 18.6 Å². The number of aliphatic hydroxyl groups is 1. The predicted molar refractivity (Wildman–Crippen MR) is 90.1 cm³/mol. The fraction of sp³-hybridized carbons (Fsp3) is 0.632. The number of aryl methyl sites for hydroxylation is 1. The number of aliphatic hydroxyl groups excluding tert-OH is 1. The van der Waals surface area contributed by atoms with Gasteiger partial charge in [0.05, 0.1) is 7.11 Å². The van der Waals surface area contributed by atoms with Crippen LogP contribution < -0.4 is 9.47 Å². The van der Waals surface area contributed by atoms with Gasteiger partial charge in [-0.2, -0.15) is 0 Å². The van der Waals surface area contributed by atoms with Crippen molar-refractivity contribution in [3.8, 4) is 11.5 Å². The van der Waals surface area contributed by atoms with Crippen molar-refractivity contribution >= 4 is 5.97 Å². The van der Waals surface area contributed by atoms with Gasteiger partial charge in [0.25, 0.3) is 0 Å². The summed E-state index contributed by atoms with van der Waals surface area (Å²) in [4.78, 5) is 11.8. The third-order valence-corrected chi connectivity index (χ3v) is 4.83. The highest BCUT2D eigenvalue weighted by Crippen LogP contribution is 2.45. The van der Waals surface area contributed by atoms with Crippen molar-refractivity contribution in [1.29, 1.82) is 0 Å². The Kier molecular flexibility index (Phi) is 6.05. The highest BCUT2D eigenvalue weighted by atomic mass is 16.5. The molecule has 4 nitrogen and oxygen atoms in total. The van der Waals surface area contributed by atoms with Gasteiger partial charge in [-0.15, -0.1) is 0 Å². The van der Waals surface area contributed by atoms with Gasteiger partial charge in [-0.05, 0) is 49.3 Å². The number of ether oxygens (including phenoxy) is 2. The van der Waals surface area contributed by atoms with E-state index in [0.717, 1.165) is 29.7 Å². The lowest BCUT2D eigenvalue weighted by molar-refractivity contribution is -0.134. The zero-order chi connectivity index (χ0) is 16.9. The van der Waals surface area contributed by atoms with Crippen molar-refractivity contribution in [3.63, 3.8) is 0 Å².